The fraction of sp³-hybridized carbons (Fsp3) is 0.692. The van der Waals surface area contributed by atoms with Gasteiger partial charge in [-0.25, -0.2) is 8.42 Å². The van der Waals surface area contributed by atoms with Crippen LogP contribution < -0.4 is 0 Å². The van der Waals surface area contributed by atoms with Crippen LogP contribution >= 0.6 is 0 Å². The van der Waals surface area contributed by atoms with Crippen LogP contribution in [0.4, 0.5) is 5.69 Å². The molecule has 0 aliphatic rings. The van der Waals surface area contributed by atoms with E-state index in [1.807, 2.05) is 0 Å². The SMILES string of the molecule is Cc1nn(CCC(=O)N(C)C(C)CS(C)(=O)=O)c(C)c1[N+](=O)[O-]. The highest BCUT2D eigenvalue weighted by Crippen LogP contribution is 2.21. The molecule has 0 saturated carbocycles. The smallest absolute Gasteiger partial charge is 0.312 e. The molecule has 0 saturated heterocycles. The lowest BCUT2D eigenvalue weighted by molar-refractivity contribution is -0.386. The molecule has 23 heavy (non-hydrogen) atoms. The van der Waals surface area contributed by atoms with E-state index in [0.29, 0.717) is 11.4 Å². The first kappa shape index (κ1) is 19.1. The Bertz CT molecular complexity index is 710. The van der Waals surface area contributed by atoms with Crippen molar-refractivity contribution in [1.82, 2.24) is 14.7 Å². The molecule has 9 nitrogen and oxygen atoms in total. The number of amides is 1. The van der Waals surface area contributed by atoms with Crippen molar-refractivity contribution in [1.29, 1.82) is 0 Å². The summed E-state index contributed by atoms with van der Waals surface area (Å²) in [6, 6.07) is -0.438. The quantitative estimate of drug-likeness (QED) is 0.530. The van der Waals surface area contributed by atoms with E-state index in [2.05, 4.69) is 5.10 Å². The number of rotatable bonds is 7. The van der Waals surface area contributed by atoms with E-state index in [-0.39, 0.29) is 30.3 Å². The maximum Gasteiger partial charge on any atom is 0.312 e. The summed E-state index contributed by atoms with van der Waals surface area (Å²) >= 11 is 0. The minimum atomic E-state index is -3.17. The fourth-order valence-electron chi connectivity index (χ4n) is 2.34. The first-order valence-electron chi connectivity index (χ1n) is 7.05. The molecule has 1 amide bonds. The molecule has 0 bridgehead atoms. The molecule has 130 valence electrons. The minimum Gasteiger partial charge on any atom is -0.342 e. The zero-order valence-electron chi connectivity index (χ0n) is 13.9. The van der Waals surface area contributed by atoms with Crippen LogP contribution in [-0.4, -0.2) is 59.0 Å². The second-order valence-corrected chi connectivity index (χ2v) is 7.88. The zero-order chi connectivity index (χ0) is 17.9. The van der Waals surface area contributed by atoms with Gasteiger partial charge in [0.25, 0.3) is 0 Å². The lowest BCUT2D eigenvalue weighted by atomic mass is 10.3. The third kappa shape index (κ3) is 5.02. The average Bonchev–Trinajstić information content (AvgIpc) is 2.67. The van der Waals surface area contributed by atoms with E-state index >= 15 is 0 Å². The van der Waals surface area contributed by atoms with Crippen LogP contribution in [0.15, 0.2) is 0 Å². The Hall–Kier alpha value is -1.97. The number of nitrogens with zero attached hydrogens (tertiary/aromatic N) is 4. The van der Waals surface area contributed by atoms with Gasteiger partial charge < -0.3 is 4.90 Å². The third-order valence-corrected chi connectivity index (χ3v) is 4.75. The Kier molecular flexibility index (Phi) is 5.86. The molecule has 1 aromatic heterocycles. The van der Waals surface area contributed by atoms with Crippen LogP contribution in [0.3, 0.4) is 0 Å². The predicted molar refractivity (Wildman–Crippen MR) is 84.9 cm³/mol. The summed E-state index contributed by atoms with van der Waals surface area (Å²) in [6.07, 6.45) is 1.21. The molecule has 0 N–H and O–H groups in total. The minimum absolute atomic E-state index is 0.0451. The number of carbonyl (C=O) groups is 1. The maximum absolute atomic E-state index is 12.1. The van der Waals surface area contributed by atoms with Gasteiger partial charge in [-0.3, -0.25) is 19.6 Å². The summed E-state index contributed by atoms with van der Waals surface area (Å²) in [5.74, 6) is -0.350. The van der Waals surface area contributed by atoms with Crippen molar-refractivity contribution in [3.63, 3.8) is 0 Å². The van der Waals surface area contributed by atoms with Crippen molar-refractivity contribution in [2.75, 3.05) is 19.1 Å². The second-order valence-electron chi connectivity index (χ2n) is 5.70. The number of aromatic nitrogens is 2. The van der Waals surface area contributed by atoms with Gasteiger partial charge in [-0.05, 0) is 20.8 Å². The van der Waals surface area contributed by atoms with Gasteiger partial charge in [0.05, 0.1) is 17.2 Å². The van der Waals surface area contributed by atoms with E-state index in [0.717, 1.165) is 6.26 Å². The average molecular weight is 346 g/mol. The molecule has 0 fully saturated rings. The van der Waals surface area contributed by atoms with Crippen LogP contribution in [0.1, 0.15) is 24.7 Å². The highest BCUT2D eigenvalue weighted by molar-refractivity contribution is 7.90. The molecule has 1 heterocycles. The molecular formula is C13H22N4O5S. The Morgan fingerprint density at radius 1 is 1.43 bits per heavy atom. The molecule has 1 unspecified atom stereocenters. The normalized spacial score (nSPS) is 12.9. The van der Waals surface area contributed by atoms with E-state index in [9.17, 15) is 23.3 Å². The van der Waals surface area contributed by atoms with Gasteiger partial charge in [0, 0.05) is 25.8 Å². The van der Waals surface area contributed by atoms with Crippen molar-refractivity contribution in [3.8, 4) is 0 Å². The number of sulfone groups is 1. The van der Waals surface area contributed by atoms with Crippen LogP contribution in [0, 0.1) is 24.0 Å². The van der Waals surface area contributed by atoms with Crippen molar-refractivity contribution < 1.29 is 18.1 Å². The first-order chi connectivity index (χ1) is 10.4. The van der Waals surface area contributed by atoms with Crippen molar-refractivity contribution in [2.45, 2.75) is 39.8 Å². The standard InChI is InChI=1S/C13H22N4O5S/c1-9(8-23(5,21)22)15(4)12(18)6-7-16-11(3)13(17(19)20)10(2)14-16/h9H,6-8H2,1-5H3. The van der Waals surface area contributed by atoms with Crippen LogP contribution in [0.5, 0.6) is 0 Å². The highest BCUT2D eigenvalue weighted by Gasteiger charge is 2.23. The van der Waals surface area contributed by atoms with Crippen molar-refractivity contribution in [3.05, 3.63) is 21.5 Å². The fourth-order valence-corrected chi connectivity index (χ4v) is 3.44. The zero-order valence-corrected chi connectivity index (χ0v) is 14.8. The molecule has 0 aliphatic heterocycles. The molecule has 0 aromatic carbocycles. The first-order valence-corrected chi connectivity index (χ1v) is 9.12. The van der Waals surface area contributed by atoms with E-state index < -0.39 is 20.8 Å². The van der Waals surface area contributed by atoms with Gasteiger partial charge >= 0.3 is 5.69 Å². The van der Waals surface area contributed by atoms with Gasteiger partial charge in [0.1, 0.15) is 21.2 Å². The number of aryl methyl sites for hydroxylation is 2. The van der Waals surface area contributed by atoms with Crippen molar-refractivity contribution >= 4 is 21.4 Å². The van der Waals surface area contributed by atoms with Gasteiger partial charge in [-0.2, -0.15) is 5.10 Å². The molecule has 0 radical (unpaired) electrons. The van der Waals surface area contributed by atoms with Crippen LogP contribution in [0.25, 0.3) is 0 Å². The molecule has 0 aliphatic carbocycles. The molecule has 10 heteroatoms. The lowest BCUT2D eigenvalue weighted by Crippen LogP contribution is -2.39. The summed E-state index contributed by atoms with van der Waals surface area (Å²) < 4.78 is 24.0. The molecule has 0 spiro atoms. The molecule has 1 aromatic rings. The third-order valence-electron chi connectivity index (χ3n) is 3.66. The summed E-state index contributed by atoms with van der Waals surface area (Å²) in [7, 11) is -1.63. The number of carbonyl (C=O) groups excluding carboxylic acids is 1. The number of nitro groups is 1. The Morgan fingerprint density at radius 3 is 2.43 bits per heavy atom. The Labute approximate surface area is 135 Å². The van der Waals surface area contributed by atoms with Gasteiger partial charge in [0.2, 0.25) is 5.91 Å². The largest absolute Gasteiger partial charge is 0.342 e. The molecule has 1 atom stereocenters. The van der Waals surface area contributed by atoms with Crippen LogP contribution in [0.2, 0.25) is 0 Å². The number of hydrogen-bond donors (Lipinski definition) is 0. The summed E-state index contributed by atoms with van der Waals surface area (Å²) in [5.41, 5.74) is 0.655. The monoisotopic (exact) mass is 346 g/mol. The molecular weight excluding hydrogens is 324 g/mol. The van der Waals surface area contributed by atoms with Gasteiger partial charge in [0.15, 0.2) is 0 Å². The number of hydrogen-bond acceptors (Lipinski definition) is 6. The second kappa shape index (κ2) is 7.07. The molecule has 1 rings (SSSR count). The highest BCUT2D eigenvalue weighted by atomic mass is 32.2. The summed E-state index contributed by atoms with van der Waals surface area (Å²) in [6.45, 7) is 4.99. The maximum atomic E-state index is 12.1. The van der Waals surface area contributed by atoms with Gasteiger partial charge in [-0.1, -0.05) is 0 Å². The van der Waals surface area contributed by atoms with E-state index in [4.69, 9.17) is 0 Å². The lowest BCUT2D eigenvalue weighted by Gasteiger charge is -2.24. The van der Waals surface area contributed by atoms with Gasteiger partial charge in [-0.15, -0.1) is 0 Å². The summed E-state index contributed by atoms with van der Waals surface area (Å²) in [4.78, 5) is 24.0. The summed E-state index contributed by atoms with van der Waals surface area (Å²) in [5, 5.41) is 15.0. The van der Waals surface area contributed by atoms with Crippen LogP contribution in [-0.2, 0) is 21.2 Å². The Morgan fingerprint density at radius 2 is 2.00 bits per heavy atom. The van der Waals surface area contributed by atoms with E-state index in [1.165, 1.54) is 9.58 Å². The Balaban J connectivity index is 2.73. The predicted octanol–water partition coefficient (Wildman–Crippen LogP) is 0.690. The topological polar surface area (TPSA) is 115 Å². The van der Waals surface area contributed by atoms with E-state index in [1.54, 1.807) is 27.8 Å². The van der Waals surface area contributed by atoms with Crippen molar-refractivity contribution in [2.24, 2.45) is 0 Å².